The predicted octanol–water partition coefficient (Wildman–Crippen LogP) is 2.44. The van der Waals surface area contributed by atoms with Crippen LogP contribution in [0.2, 0.25) is 0 Å². The average molecular weight is 222 g/mol. The van der Waals surface area contributed by atoms with E-state index < -0.39 is 0 Å². The van der Waals surface area contributed by atoms with E-state index in [1.165, 1.54) is 32.1 Å². The summed E-state index contributed by atoms with van der Waals surface area (Å²) >= 11 is 0. The third-order valence-electron chi connectivity index (χ3n) is 4.73. The molecule has 4 unspecified atom stereocenters. The summed E-state index contributed by atoms with van der Waals surface area (Å²) in [6.45, 7) is 5.38. The monoisotopic (exact) mass is 222 g/mol. The second-order valence-electron chi connectivity index (χ2n) is 5.81. The fraction of sp³-hybridized carbons (Fsp3) is 0.857. The van der Waals surface area contributed by atoms with Crippen molar-refractivity contribution >= 4 is 0 Å². The summed E-state index contributed by atoms with van der Waals surface area (Å²) < 4.78 is 0. The zero-order valence-corrected chi connectivity index (χ0v) is 10.7. The molecule has 92 valence electrons. The standard InChI is InChI=1S/C14H26N2/c1-9-6-7-11-4-3-5-12(10(2)8-15)13(11)14(9)16/h9-10,12,14H,3-8,15-16H2,1-2H3. The molecule has 0 spiro atoms. The molecule has 0 aromatic rings. The van der Waals surface area contributed by atoms with Crippen LogP contribution in [0, 0.1) is 17.8 Å². The third kappa shape index (κ3) is 2.05. The Labute approximate surface area is 99.5 Å². The maximum atomic E-state index is 6.42. The van der Waals surface area contributed by atoms with Crippen LogP contribution in [-0.4, -0.2) is 12.6 Å². The highest BCUT2D eigenvalue weighted by Gasteiger charge is 2.34. The largest absolute Gasteiger partial charge is 0.330 e. The minimum atomic E-state index is 0.308. The van der Waals surface area contributed by atoms with E-state index >= 15 is 0 Å². The van der Waals surface area contributed by atoms with E-state index in [1.54, 1.807) is 11.1 Å². The molecule has 0 saturated heterocycles. The molecule has 4 atom stereocenters. The molecule has 0 saturated carbocycles. The Hall–Kier alpha value is -0.340. The number of allylic oxidation sites excluding steroid dienone is 1. The van der Waals surface area contributed by atoms with Gasteiger partial charge in [-0.3, -0.25) is 0 Å². The molecule has 2 aliphatic rings. The van der Waals surface area contributed by atoms with E-state index in [1.807, 2.05) is 0 Å². The zero-order chi connectivity index (χ0) is 11.7. The number of nitrogens with two attached hydrogens (primary N) is 2. The van der Waals surface area contributed by atoms with Crippen LogP contribution < -0.4 is 11.5 Å². The summed E-state index contributed by atoms with van der Waals surface area (Å²) in [5.41, 5.74) is 15.5. The Bertz CT molecular complexity index is 282. The second kappa shape index (κ2) is 4.89. The van der Waals surface area contributed by atoms with Gasteiger partial charge in [0.05, 0.1) is 0 Å². The van der Waals surface area contributed by atoms with Crippen molar-refractivity contribution in [2.24, 2.45) is 29.2 Å². The smallest absolute Gasteiger partial charge is 0.0285 e. The normalized spacial score (nSPS) is 37.1. The first-order chi connectivity index (χ1) is 7.65. The summed E-state index contributed by atoms with van der Waals surface area (Å²) in [7, 11) is 0. The molecule has 0 aromatic heterocycles. The van der Waals surface area contributed by atoms with Gasteiger partial charge >= 0.3 is 0 Å². The van der Waals surface area contributed by atoms with Crippen LogP contribution in [0.5, 0.6) is 0 Å². The molecule has 0 aromatic carbocycles. The number of rotatable bonds is 2. The molecule has 4 N–H and O–H groups in total. The Morgan fingerprint density at radius 3 is 2.75 bits per heavy atom. The van der Waals surface area contributed by atoms with Crippen molar-refractivity contribution in [3.8, 4) is 0 Å². The van der Waals surface area contributed by atoms with Gasteiger partial charge in [0, 0.05) is 6.04 Å². The maximum Gasteiger partial charge on any atom is 0.0285 e. The van der Waals surface area contributed by atoms with Crippen molar-refractivity contribution in [3.63, 3.8) is 0 Å². The first-order valence-electron chi connectivity index (χ1n) is 6.82. The topological polar surface area (TPSA) is 52.0 Å². The fourth-order valence-electron chi connectivity index (χ4n) is 3.49. The van der Waals surface area contributed by atoms with Crippen molar-refractivity contribution in [2.75, 3.05) is 6.54 Å². The lowest BCUT2D eigenvalue weighted by atomic mass is 9.67. The minimum absolute atomic E-state index is 0.308. The molecule has 2 nitrogen and oxygen atoms in total. The van der Waals surface area contributed by atoms with E-state index in [9.17, 15) is 0 Å². The molecule has 2 rings (SSSR count). The lowest BCUT2D eigenvalue weighted by molar-refractivity contribution is 0.300. The molecule has 0 fully saturated rings. The Morgan fingerprint density at radius 2 is 2.06 bits per heavy atom. The molecule has 0 amide bonds. The highest BCUT2D eigenvalue weighted by Crippen LogP contribution is 2.43. The highest BCUT2D eigenvalue weighted by atomic mass is 14.7. The third-order valence-corrected chi connectivity index (χ3v) is 4.73. The maximum absolute atomic E-state index is 6.42. The van der Waals surface area contributed by atoms with Crippen molar-refractivity contribution in [2.45, 2.75) is 52.0 Å². The van der Waals surface area contributed by atoms with Crippen molar-refractivity contribution < 1.29 is 0 Å². The van der Waals surface area contributed by atoms with Crippen LogP contribution >= 0.6 is 0 Å². The Balaban J connectivity index is 2.27. The first kappa shape index (κ1) is 12.1. The van der Waals surface area contributed by atoms with Gasteiger partial charge in [0.15, 0.2) is 0 Å². The molecule has 2 aliphatic carbocycles. The van der Waals surface area contributed by atoms with Gasteiger partial charge in [0.25, 0.3) is 0 Å². The average Bonchev–Trinajstić information content (AvgIpc) is 2.32. The van der Waals surface area contributed by atoms with Gasteiger partial charge in [-0.05, 0) is 56.4 Å². The van der Waals surface area contributed by atoms with Crippen LogP contribution in [0.25, 0.3) is 0 Å². The van der Waals surface area contributed by atoms with Gasteiger partial charge < -0.3 is 11.5 Å². The Kier molecular flexibility index (Phi) is 3.70. The molecule has 16 heavy (non-hydrogen) atoms. The lowest BCUT2D eigenvalue weighted by Crippen LogP contribution is -2.41. The van der Waals surface area contributed by atoms with E-state index in [4.69, 9.17) is 11.5 Å². The first-order valence-corrected chi connectivity index (χ1v) is 6.82. The molecular formula is C14H26N2. The molecule has 0 radical (unpaired) electrons. The summed E-state index contributed by atoms with van der Waals surface area (Å²) in [6, 6.07) is 0.308. The van der Waals surface area contributed by atoms with E-state index in [2.05, 4.69) is 13.8 Å². The van der Waals surface area contributed by atoms with Gasteiger partial charge in [0.2, 0.25) is 0 Å². The fourth-order valence-corrected chi connectivity index (χ4v) is 3.49. The van der Waals surface area contributed by atoms with Gasteiger partial charge in [0.1, 0.15) is 0 Å². The van der Waals surface area contributed by atoms with Gasteiger partial charge in [-0.2, -0.15) is 0 Å². The van der Waals surface area contributed by atoms with Crippen molar-refractivity contribution in [3.05, 3.63) is 11.1 Å². The zero-order valence-electron chi connectivity index (χ0n) is 10.7. The molecule has 0 heterocycles. The SMILES string of the molecule is CC1CCC2=C(C1N)C(C(C)CN)CCC2. The number of hydrogen-bond donors (Lipinski definition) is 2. The minimum Gasteiger partial charge on any atom is -0.330 e. The predicted molar refractivity (Wildman–Crippen MR) is 69.0 cm³/mol. The van der Waals surface area contributed by atoms with E-state index in [0.717, 1.165) is 6.54 Å². The van der Waals surface area contributed by atoms with Crippen molar-refractivity contribution in [1.29, 1.82) is 0 Å². The lowest BCUT2D eigenvalue weighted by Gasteiger charge is -2.41. The molecule has 2 heteroatoms. The molecule has 0 bridgehead atoms. The number of hydrogen-bond acceptors (Lipinski definition) is 2. The van der Waals surface area contributed by atoms with Gasteiger partial charge in [-0.25, -0.2) is 0 Å². The Morgan fingerprint density at radius 1 is 1.31 bits per heavy atom. The van der Waals surface area contributed by atoms with Crippen LogP contribution in [0.15, 0.2) is 11.1 Å². The summed E-state index contributed by atoms with van der Waals surface area (Å²) in [4.78, 5) is 0. The van der Waals surface area contributed by atoms with Crippen LogP contribution in [0.4, 0.5) is 0 Å². The molecular weight excluding hydrogens is 196 g/mol. The van der Waals surface area contributed by atoms with E-state index in [-0.39, 0.29) is 0 Å². The summed E-state index contributed by atoms with van der Waals surface area (Å²) in [6.07, 6.45) is 6.51. The summed E-state index contributed by atoms with van der Waals surface area (Å²) in [5, 5.41) is 0. The molecule has 0 aliphatic heterocycles. The quantitative estimate of drug-likeness (QED) is 0.705. The van der Waals surface area contributed by atoms with Crippen LogP contribution in [-0.2, 0) is 0 Å². The van der Waals surface area contributed by atoms with E-state index in [0.29, 0.717) is 23.8 Å². The van der Waals surface area contributed by atoms with Crippen LogP contribution in [0.1, 0.15) is 46.0 Å². The second-order valence-corrected chi connectivity index (χ2v) is 5.81. The summed E-state index contributed by atoms with van der Waals surface area (Å²) in [5.74, 6) is 1.93. The van der Waals surface area contributed by atoms with Gasteiger partial charge in [-0.1, -0.05) is 25.0 Å². The highest BCUT2D eigenvalue weighted by molar-refractivity contribution is 5.29. The van der Waals surface area contributed by atoms with Crippen molar-refractivity contribution in [1.82, 2.24) is 0 Å². The van der Waals surface area contributed by atoms with Gasteiger partial charge in [-0.15, -0.1) is 0 Å². The van der Waals surface area contributed by atoms with Crippen LogP contribution in [0.3, 0.4) is 0 Å².